The van der Waals surface area contributed by atoms with Crippen LogP contribution in [-0.4, -0.2) is 95.0 Å². The van der Waals surface area contributed by atoms with Gasteiger partial charge in [-0.25, -0.2) is 0 Å². The minimum atomic E-state index is -0.544. The number of nitrogen functional groups attached to an aromatic ring is 1. The molecular weight excluding hydrogens is 1100 g/mol. The summed E-state index contributed by atoms with van der Waals surface area (Å²) in [5.41, 5.74) is 9.36. The van der Waals surface area contributed by atoms with Crippen molar-refractivity contribution in [1.82, 2.24) is 23.8 Å². The number of ketones is 1. The molecule has 1 aliphatic carbocycles. The fraction of sp³-hybridized carbons (Fsp3) is 0.354. The van der Waals surface area contributed by atoms with Crippen molar-refractivity contribution >= 4 is 41.1 Å². The van der Waals surface area contributed by atoms with Crippen molar-refractivity contribution in [2.45, 2.75) is 117 Å². The van der Waals surface area contributed by atoms with Crippen LogP contribution in [0.25, 0.3) is 0 Å². The number of aromatic hydroxyl groups is 1. The Morgan fingerprint density at radius 2 is 1.12 bits per heavy atom. The number of nitrogens with one attached hydrogen (secondary N) is 1. The summed E-state index contributed by atoms with van der Waals surface area (Å²) < 4.78 is 15.9. The zero-order chi connectivity index (χ0) is 60.2. The molecule has 7 aromatic rings. The van der Waals surface area contributed by atoms with Crippen molar-refractivity contribution in [3.05, 3.63) is 227 Å². The van der Waals surface area contributed by atoms with Gasteiger partial charge in [-0.05, 0) is 117 Å². The number of nitrogens with zero attached hydrogens (tertiary/aromatic N) is 6. The van der Waals surface area contributed by atoms with Gasteiger partial charge in [-0.2, -0.15) is 23.5 Å². The molecule has 3 aliphatic rings. The molecule has 3 aromatic heterocycles. The Balaban J connectivity index is 0.000000169. The maximum atomic E-state index is 13.8. The number of fused-ring (bicyclic) bond motifs is 4. The predicted octanol–water partition coefficient (Wildman–Crippen LogP) is 9.61. The van der Waals surface area contributed by atoms with E-state index in [4.69, 9.17) is 15.3 Å². The van der Waals surface area contributed by atoms with E-state index >= 15 is 0 Å². The van der Waals surface area contributed by atoms with Gasteiger partial charge >= 0.3 is 0 Å². The van der Waals surface area contributed by atoms with Gasteiger partial charge in [0, 0.05) is 55.3 Å². The third-order valence-electron chi connectivity index (χ3n) is 14.8. The van der Waals surface area contributed by atoms with E-state index in [1.54, 1.807) is 50.2 Å². The van der Waals surface area contributed by atoms with Crippen LogP contribution in [0.15, 0.2) is 160 Å². The highest BCUT2D eigenvalue weighted by atomic mass is 32.2. The van der Waals surface area contributed by atoms with E-state index in [-0.39, 0.29) is 107 Å². The summed E-state index contributed by atoms with van der Waals surface area (Å²) in [5.74, 6) is 6.70. The average molecular weight is 1180 g/mol. The van der Waals surface area contributed by atoms with Crippen LogP contribution in [0.4, 0.5) is 0 Å². The Labute approximate surface area is 499 Å². The first-order valence-electron chi connectivity index (χ1n) is 28.4. The first kappa shape index (κ1) is 61.9. The quantitative estimate of drug-likeness (QED) is 0.0541. The lowest BCUT2D eigenvalue weighted by Crippen LogP contribution is -2.64. The van der Waals surface area contributed by atoms with Crippen molar-refractivity contribution in [3.63, 3.8) is 0 Å². The maximum absolute atomic E-state index is 13.8. The lowest BCUT2D eigenvalue weighted by atomic mass is 9.93. The predicted molar refractivity (Wildman–Crippen MR) is 335 cm³/mol. The van der Waals surface area contributed by atoms with Gasteiger partial charge in [0.05, 0.1) is 6.04 Å². The molecule has 4 N–H and O–H groups in total. The second kappa shape index (κ2) is 28.4. The van der Waals surface area contributed by atoms with Gasteiger partial charge in [0.15, 0.2) is 40.1 Å². The minimum Gasteiger partial charge on any atom is -0.502 e. The molecule has 19 heteroatoms. The van der Waals surface area contributed by atoms with E-state index in [9.17, 15) is 33.9 Å². The SMILES string of the molecule is CC(C)CC(=O)c1c(OCc2ccccc2)c(=O)ccn1N.CSCCC1N(C(C)C)C(=O)c2c(O)c(=O)ccn2N1C1c2ccccc2CCc2ccccc21.CSCCC1Nn2ccc(=O)c(OCc3ccccc3)c2C(=O)N1C(C)C. The van der Waals surface area contributed by atoms with Crippen LogP contribution in [0, 0.1) is 5.92 Å². The van der Waals surface area contributed by atoms with Gasteiger partial charge in [0.1, 0.15) is 25.5 Å². The molecule has 4 aromatic carbocycles. The fourth-order valence-electron chi connectivity index (χ4n) is 10.9. The zero-order valence-corrected chi connectivity index (χ0v) is 50.6. The third-order valence-corrected chi connectivity index (χ3v) is 16.1. The molecule has 10 rings (SSSR count). The molecule has 0 spiro atoms. The molecule has 0 bridgehead atoms. The number of aryl methyl sites for hydroxylation is 2. The summed E-state index contributed by atoms with van der Waals surface area (Å²) in [6.45, 7) is 12.3. The first-order valence-corrected chi connectivity index (χ1v) is 31.2. The van der Waals surface area contributed by atoms with Gasteiger partial charge in [0.25, 0.3) is 11.8 Å². The first-order chi connectivity index (χ1) is 40.4. The van der Waals surface area contributed by atoms with Crippen molar-refractivity contribution in [2.24, 2.45) is 5.92 Å². The van der Waals surface area contributed by atoms with E-state index in [2.05, 4.69) is 65.2 Å². The van der Waals surface area contributed by atoms with Gasteiger partial charge in [-0.15, -0.1) is 0 Å². The highest BCUT2D eigenvalue weighted by molar-refractivity contribution is 7.98. The smallest absolute Gasteiger partial charge is 0.278 e. The number of Topliss-reactive ketones (excluding diaryl/α,β-unsaturated/α-hetero) is 1. The molecule has 2 amide bonds. The second-order valence-electron chi connectivity index (χ2n) is 21.8. The number of rotatable bonds is 18. The van der Waals surface area contributed by atoms with Crippen LogP contribution in [0.5, 0.6) is 17.2 Å². The van der Waals surface area contributed by atoms with Crippen LogP contribution in [0.1, 0.15) is 132 Å². The minimum absolute atomic E-state index is 0.00267. The van der Waals surface area contributed by atoms with Gasteiger partial charge in [-0.3, -0.25) is 47.8 Å². The lowest BCUT2D eigenvalue weighted by molar-refractivity contribution is 0.0458. The van der Waals surface area contributed by atoms with Crippen LogP contribution in [0.3, 0.4) is 0 Å². The van der Waals surface area contributed by atoms with E-state index in [0.717, 1.165) is 53.0 Å². The van der Waals surface area contributed by atoms with Crippen LogP contribution >= 0.6 is 23.5 Å². The lowest BCUT2D eigenvalue weighted by Gasteiger charge is -2.51. The van der Waals surface area contributed by atoms with Crippen molar-refractivity contribution in [1.29, 1.82) is 0 Å². The summed E-state index contributed by atoms with van der Waals surface area (Å²) >= 11 is 3.49. The number of nitrogens with two attached hydrogens (primary N) is 1. The van der Waals surface area contributed by atoms with E-state index in [1.807, 2.05) is 113 Å². The van der Waals surface area contributed by atoms with Crippen molar-refractivity contribution in [3.8, 4) is 17.2 Å². The molecule has 2 atom stereocenters. The molecule has 0 radical (unpaired) electrons. The highest BCUT2D eigenvalue weighted by Crippen LogP contribution is 2.41. The summed E-state index contributed by atoms with van der Waals surface area (Å²) in [6.07, 6.45) is 12.1. The van der Waals surface area contributed by atoms with E-state index in [1.165, 1.54) is 46.6 Å². The molecule has 0 saturated carbocycles. The molecule has 84 heavy (non-hydrogen) atoms. The zero-order valence-electron chi connectivity index (χ0n) is 49.0. The molecule has 2 unspecified atom stereocenters. The van der Waals surface area contributed by atoms with Gasteiger partial charge < -0.3 is 35.6 Å². The molecule has 2 aliphatic heterocycles. The molecule has 5 heterocycles. The van der Waals surface area contributed by atoms with Gasteiger partial charge in [0.2, 0.25) is 16.3 Å². The number of carbonyl (C=O) groups excluding carboxylic acids is 3. The topological polar surface area (TPSA) is 204 Å². The molecule has 17 nitrogen and oxygen atoms in total. The van der Waals surface area contributed by atoms with Crippen LogP contribution in [0.2, 0.25) is 0 Å². The summed E-state index contributed by atoms with van der Waals surface area (Å²) in [7, 11) is 0. The Morgan fingerprint density at radius 3 is 1.68 bits per heavy atom. The number of aromatic nitrogens is 3. The number of thioether (sulfide) groups is 2. The Bertz CT molecular complexity index is 3560. The maximum Gasteiger partial charge on any atom is 0.278 e. The number of amides is 2. The van der Waals surface area contributed by atoms with Gasteiger partial charge in [-0.1, -0.05) is 123 Å². The summed E-state index contributed by atoms with van der Waals surface area (Å²) in [5, 5.41) is 13.0. The second-order valence-corrected chi connectivity index (χ2v) is 23.7. The standard InChI is InChI=1S/C28H31N3O3S.C20H25N3O3S.C17H20N2O3/c1-18(2)30-24(15-17-35-3)31(29-16-14-23(32)27(33)26(29)28(30)34)25-21-10-6-4-8-19(21)12-13-20-9-5-7-11-22(20)25;1-14(2)23-17(10-12-27-3)21-22-11-9-16(24)19(18(22)20(23)25)26-13-15-7-5-4-6-8-15;1-12(2)10-15(21)16-17(14(20)8-9-19(16)18)22-11-13-6-4-3-5-7-13/h4-11,14,16,18,24-25,33H,12-13,15,17H2,1-3H3;4-9,11,14,17,21H,10,12-13H2,1-3H3;3-9,12H,10-11,18H2,1-2H3. The average Bonchev–Trinajstić information content (AvgIpc) is 1.34. The fourth-order valence-corrected chi connectivity index (χ4v) is 11.8. The highest BCUT2D eigenvalue weighted by Gasteiger charge is 2.45. The Morgan fingerprint density at radius 1 is 0.619 bits per heavy atom. The number of pyridine rings is 3. The number of hydrogen-bond acceptors (Lipinski definition) is 14. The van der Waals surface area contributed by atoms with Crippen LogP contribution in [-0.2, 0) is 26.1 Å². The number of hydrogen-bond donors (Lipinski definition) is 3. The van der Waals surface area contributed by atoms with E-state index < -0.39 is 11.2 Å². The molecule has 0 saturated heterocycles. The van der Waals surface area contributed by atoms with Crippen LogP contribution < -0.4 is 42.0 Å². The monoisotopic (exact) mass is 1180 g/mol. The van der Waals surface area contributed by atoms with Crippen molar-refractivity contribution in [2.75, 3.05) is 40.3 Å². The summed E-state index contributed by atoms with van der Waals surface area (Å²) in [4.78, 5) is 79.9. The third kappa shape index (κ3) is 13.9. The number of carbonyl (C=O) groups is 3. The number of benzene rings is 4. The molecular formula is C65H76N8O9S2. The normalized spacial score (nSPS) is 15.4. The molecule has 442 valence electrons. The van der Waals surface area contributed by atoms with Crippen molar-refractivity contribution < 1.29 is 29.0 Å². The summed E-state index contributed by atoms with van der Waals surface area (Å²) in [6, 6.07) is 39.8. The Hall–Kier alpha value is -8.16. The van der Waals surface area contributed by atoms with E-state index in [0.29, 0.717) is 6.42 Å². The Kier molecular flexibility index (Phi) is 20.9. The largest absolute Gasteiger partial charge is 0.502 e. The number of ether oxygens (including phenoxy) is 2. The molecule has 0 fully saturated rings.